The first-order valence-corrected chi connectivity index (χ1v) is 10.3. The molecular formula is C22H16ClN3O2S. The van der Waals surface area contributed by atoms with Crippen LogP contribution in [0.2, 0.25) is 5.15 Å². The van der Waals surface area contributed by atoms with Crippen LogP contribution in [0.4, 0.5) is 0 Å². The lowest BCUT2D eigenvalue weighted by Gasteiger charge is -2.25. The summed E-state index contributed by atoms with van der Waals surface area (Å²) in [6, 6.07) is 14.9. The van der Waals surface area contributed by atoms with Gasteiger partial charge in [0.25, 0.3) is 0 Å². The SMILES string of the molecule is Cc1ccc2nc(Cl)c([C@H]3C=C(c4cccs4)NN3C(=O)c3ccco3)cc2c1. The van der Waals surface area contributed by atoms with Gasteiger partial charge >= 0.3 is 5.91 Å². The van der Waals surface area contributed by atoms with Crippen LogP contribution in [0, 0.1) is 6.92 Å². The maximum absolute atomic E-state index is 13.1. The Balaban J connectivity index is 1.63. The van der Waals surface area contributed by atoms with Crippen molar-refractivity contribution in [2.24, 2.45) is 0 Å². The van der Waals surface area contributed by atoms with E-state index in [0.29, 0.717) is 5.15 Å². The minimum atomic E-state index is -0.422. The molecule has 0 fully saturated rings. The molecule has 0 unspecified atom stereocenters. The quantitative estimate of drug-likeness (QED) is 0.438. The number of benzene rings is 1. The monoisotopic (exact) mass is 421 g/mol. The molecule has 1 amide bonds. The summed E-state index contributed by atoms with van der Waals surface area (Å²) >= 11 is 8.16. The number of carbonyl (C=O) groups excluding carboxylic acids is 1. The van der Waals surface area contributed by atoms with Crippen molar-refractivity contribution in [1.82, 2.24) is 15.4 Å². The minimum Gasteiger partial charge on any atom is -0.459 e. The molecular weight excluding hydrogens is 406 g/mol. The van der Waals surface area contributed by atoms with Crippen molar-refractivity contribution in [3.63, 3.8) is 0 Å². The Labute approximate surface area is 176 Å². The Hall–Kier alpha value is -3.09. The van der Waals surface area contributed by atoms with E-state index >= 15 is 0 Å². The molecule has 3 aromatic heterocycles. The standard InChI is InChI=1S/C22H16ClN3O2S/c1-13-6-7-16-14(10-13)11-15(21(23)24-16)18-12-17(20-5-3-9-29-20)25-26(18)22(27)19-4-2-8-28-19/h2-12,18,25H,1H3/t18-/m1/s1. The predicted octanol–water partition coefficient (Wildman–Crippen LogP) is 5.59. The summed E-state index contributed by atoms with van der Waals surface area (Å²) < 4.78 is 5.33. The molecule has 7 heteroatoms. The molecule has 0 aliphatic carbocycles. The van der Waals surface area contributed by atoms with Gasteiger partial charge in [0.2, 0.25) is 0 Å². The molecule has 1 atom stereocenters. The van der Waals surface area contributed by atoms with Crippen molar-refractivity contribution in [2.75, 3.05) is 0 Å². The van der Waals surface area contributed by atoms with Crippen molar-refractivity contribution in [3.05, 3.63) is 93.2 Å². The smallest absolute Gasteiger partial charge is 0.308 e. The summed E-state index contributed by atoms with van der Waals surface area (Å²) in [5.41, 5.74) is 6.79. The first-order valence-electron chi connectivity index (χ1n) is 9.06. The van der Waals surface area contributed by atoms with Gasteiger partial charge in [-0.15, -0.1) is 11.3 Å². The van der Waals surface area contributed by atoms with E-state index in [1.165, 1.54) is 6.26 Å². The number of aromatic nitrogens is 1. The molecule has 0 saturated heterocycles. The summed E-state index contributed by atoms with van der Waals surface area (Å²) in [6.07, 6.45) is 3.48. The average Bonchev–Trinajstić information content (AvgIpc) is 3.48. The maximum Gasteiger partial charge on any atom is 0.308 e. The lowest BCUT2D eigenvalue weighted by Crippen LogP contribution is -2.39. The first-order chi connectivity index (χ1) is 14.1. The zero-order valence-corrected chi connectivity index (χ0v) is 17.0. The van der Waals surface area contributed by atoms with Gasteiger partial charge in [0, 0.05) is 10.9 Å². The van der Waals surface area contributed by atoms with E-state index in [1.807, 2.05) is 48.7 Å². The second-order valence-electron chi connectivity index (χ2n) is 6.83. The molecule has 4 aromatic rings. The second-order valence-corrected chi connectivity index (χ2v) is 8.14. The van der Waals surface area contributed by atoms with E-state index in [-0.39, 0.29) is 11.7 Å². The van der Waals surface area contributed by atoms with E-state index in [0.717, 1.165) is 32.6 Å². The fourth-order valence-electron chi connectivity index (χ4n) is 3.46. The van der Waals surface area contributed by atoms with Crippen LogP contribution in [0.5, 0.6) is 0 Å². The van der Waals surface area contributed by atoms with Crippen molar-refractivity contribution < 1.29 is 9.21 Å². The zero-order chi connectivity index (χ0) is 20.0. The van der Waals surface area contributed by atoms with Crippen molar-refractivity contribution in [3.8, 4) is 0 Å². The molecule has 0 radical (unpaired) electrons. The normalized spacial score (nSPS) is 16.1. The molecule has 1 aromatic carbocycles. The maximum atomic E-state index is 13.1. The molecule has 0 spiro atoms. The summed E-state index contributed by atoms with van der Waals surface area (Å²) in [6.45, 7) is 2.03. The van der Waals surface area contributed by atoms with Gasteiger partial charge in [0.05, 0.1) is 22.4 Å². The van der Waals surface area contributed by atoms with Crippen LogP contribution < -0.4 is 5.43 Å². The third-order valence-electron chi connectivity index (χ3n) is 4.85. The number of thiophene rings is 1. The summed E-state index contributed by atoms with van der Waals surface area (Å²) in [4.78, 5) is 18.7. The predicted molar refractivity (Wildman–Crippen MR) is 115 cm³/mol. The number of halogens is 1. The number of nitrogens with zero attached hydrogens (tertiary/aromatic N) is 2. The van der Waals surface area contributed by atoms with E-state index in [4.69, 9.17) is 16.0 Å². The molecule has 1 aliphatic rings. The van der Waals surface area contributed by atoms with Crippen LogP contribution >= 0.6 is 22.9 Å². The molecule has 5 nitrogen and oxygen atoms in total. The highest BCUT2D eigenvalue weighted by Crippen LogP contribution is 2.37. The lowest BCUT2D eigenvalue weighted by molar-refractivity contribution is 0.0639. The number of hydrogen-bond donors (Lipinski definition) is 1. The molecule has 0 saturated carbocycles. The van der Waals surface area contributed by atoms with Gasteiger partial charge in [-0.05, 0) is 54.8 Å². The van der Waals surface area contributed by atoms with Gasteiger partial charge < -0.3 is 4.42 Å². The van der Waals surface area contributed by atoms with Gasteiger partial charge in [0.1, 0.15) is 11.2 Å². The Morgan fingerprint density at radius 3 is 2.90 bits per heavy atom. The highest BCUT2D eigenvalue weighted by molar-refractivity contribution is 7.11. The van der Waals surface area contributed by atoms with Crippen LogP contribution in [-0.4, -0.2) is 15.9 Å². The van der Waals surface area contributed by atoms with Crippen molar-refractivity contribution >= 4 is 45.4 Å². The Bertz CT molecular complexity index is 1230. The number of nitrogens with one attached hydrogen (secondary N) is 1. The van der Waals surface area contributed by atoms with Crippen LogP contribution in [0.1, 0.15) is 32.6 Å². The summed E-state index contributed by atoms with van der Waals surface area (Å²) in [5.74, 6) is -0.0211. The topological polar surface area (TPSA) is 58.4 Å². The van der Waals surface area contributed by atoms with Gasteiger partial charge in [-0.3, -0.25) is 10.2 Å². The highest BCUT2D eigenvalue weighted by atomic mass is 35.5. The van der Waals surface area contributed by atoms with Crippen LogP contribution in [0.3, 0.4) is 0 Å². The molecule has 0 bridgehead atoms. The highest BCUT2D eigenvalue weighted by Gasteiger charge is 2.34. The molecule has 4 heterocycles. The third-order valence-corrected chi connectivity index (χ3v) is 6.06. The Morgan fingerprint density at radius 2 is 2.14 bits per heavy atom. The number of fused-ring (bicyclic) bond motifs is 1. The number of pyridine rings is 1. The summed E-state index contributed by atoms with van der Waals surface area (Å²) in [5, 5.41) is 4.89. The molecule has 5 rings (SSSR count). The minimum absolute atomic E-state index is 0.254. The fraction of sp³-hybridized carbons (Fsp3) is 0.0909. The molecule has 29 heavy (non-hydrogen) atoms. The van der Waals surface area contributed by atoms with Gasteiger partial charge in [-0.25, -0.2) is 9.99 Å². The number of aryl methyl sites for hydroxylation is 1. The van der Waals surface area contributed by atoms with Gasteiger partial charge in [0.15, 0.2) is 5.76 Å². The number of carbonyl (C=O) groups is 1. The van der Waals surface area contributed by atoms with E-state index < -0.39 is 6.04 Å². The van der Waals surface area contributed by atoms with Gasteiger partial charge in [-0.1, -0.05) is 29.3 Å². The first kappa shape index (κ1) is 18.0. The lowest BCUT2D eigenvalue weighted by atomic mass is 10.0. The van der Waals surface area contributed by atoms with Crippen LogP contribution in [-0.2, 0) is 0 Å². The Morgan fingerprint density at radius 1 is 1.24 bits per heavy atom. The molecule has 1 N–H and O–H groups in total. The number of hydrazine groups is 1. The average molecular weight is 422 g/mol. The molecule has 1 aliphatic heterocycles. The van der Waals surface area contributed by atoms with Crippen LogP contribution in [0.25, 0.3) is 16.6 Å². The van der Waals surface area contributed by atoms with Crippen molar-refractivity contribution in [2.45, 2.75) is 13.0 Å². The van der Waals surface area contributed by atoms with Crippen molar-refractivity contribution in [1.29, 1.82) is 0 Å². The number of amides is 1. The van der Waals surface area contributed by atoms with E-state index in [9.17, 15) is 4.79 Å². The number of rotatable bonds is 3. The van der Waals surface area contributed by atoms with E-state index in [1.54, 1.807) is 28.5 Å². The molecule has 144 valence electrons. The van der Waals surface area contributed by atoms with Gasteiger partial charge in [-0.2, -0.15) is 0 Å². The fourth-order valence-corrected chi connectivity index (χ4v) is 4.42. The second kappa shape index (κ2) is 7.06. The van der Waals surface area contributed by atoms with E-state index in [2.05, 4.69) is 16.5 Å². The third kappa shape index (κ3) is 3.20. The zero-order valence-electron chi connectivity index (χ0n) is 15.4. The number of furan rings is 1. The van der Waals surface area contributed by atoms with Crippen LogP contribution in [0.15, 0.2) is 70.7 Å². The number of hydrogen-bond acceptors (Lipinski definition) is 5. The largest absolute Gasteiger partial charge is 0.459 e. The summed E-state index contributed by atoms with van der Waals surface area (Å²) in [7, 11) is 0. The Kier molecular flexibility index (Phi) is 4.38.